The maximum atomic E-state index is 12.0. The van der Waals surface area contributed by atoms with Crippen molar-refractivity contribution in [3.63, 3.8) is 0 Å². The van der Waals surface area contributed by atoms with Crippen LogP contribution < -0.4 is 11.1 Å². The topological polar surface area (TPSA) is 58.4 Å². The number of likely N-dealkylation sites (tertiary alicyclic amines) is 1. The van der Waals surface area contributed by atoms with Crippen molar-refractivity contribution in [1.29, 1.82) is 0 Å². The molecule has 15 heavy (non-hydrogen) atoms. The third-order valence-electron chi connectivity index (χ3n) is 3.77. The summed E-state index contributed by atoms with van der Waals surface area (Å²) in [6, 6.07) is -0.333. The first-order valence-electron chi connectivity index (χ1n) is 5.83. The van der Waals surface area contributed by atoms with E-state index in [-0.39, 0.29) is 23.4 Å². The molecule has 4 nitrogen and oxygen atoms in total. The van der Waals surface area contributed by atoms with E-state index < -0.39 is 0 Å². The van der Waals surface area contributed by atoms with Crippen LogP contribution in [-0.2, 0) is 4.79 Å². The van der Waals surface area contributed by atoms with E-state index in [4.69, 9.17) is 5.73 Å². The summed E-state index contributed by atoms with van der Waals surface area (Å²) < 4.78 is 0. The van der Waals surface area contributed by atoms with Gasteiger partial charge in [0.15, 0.2) is 0 Å². The summed E-state index contributed by atoms with van der Waals surface area (Å²) in [6.07, 6.45) is 2.29. The summed E-state index contributed by atoms with van der Waals surface area (Å²) >= 11 is 0. The minimum absolute atomic E-state index is 0.121. The minimum atomic E-state index is -0.333. The number of rotatable bonds is 2. The molecule has 0 bridgehead atoms. The second-order valence-corrected chi connectivity index (χ2v) is 5.24. The van der Waals surface area contributed by atoms with E-state index in [1.165, 1.54) is 6.42 Å². The van der Waals surface area contributed by atoms with E-state index in [2.05, 4.69) is 5.32 Å². The monoisotopic (exact) mass is 211 g/mol. The summed E-state index contributed by atoms with van der Waals surface area (Å²) in [7, 11) is 0. The summed E-state index contributed by atoms with van der Waals surface area (Å²) in [6.45, 7) is 6.81. The molecule has 2 fully saturated rings. The van der Waals surface area contributed by atoms with E-state index in [1.54, 1.807) is 0 Å². The molecule has 86 valence electrons. The van der Waals surface area contributed by atoms with Gasteiger partial charge in [-0.2, -0.15) is 0 Å². The number of nitrogens with one attached hydrogen (secondary N) is 1. The Labute approximate surface area is 91.2 Å². The molecule has 2 aliphatic rings. The van der Waals surface area contributed by atoms with Gasteiger partial charge in [0, 0.05) is 18.6 Å². The largest absolute Gasteiger partial charge is 0.339 e. The van der Waals surface area contributed by atoms with Gasteiger partial charge < -0.3 is 16.0 Å². The third kappa shape index (κ3) is 1.88. The molecule has 2 heterocycles. The Morgan fingerprint density at radius 2 is 2.13 bits per heavy atom. The SMILES string of the molecule is CC(C)[C@H](N)C(=O)N1CC[C@@]2(CCN2)C1. The second kappa shape index (κ2) is 3.76. The molecule has 0 saturated carbocycles. The predicted octanol–water partition coefficient (Wildman–Crippen LogP) is -0.0659. The fourth-order valence-corrected chi connectivity index (χ4v) is 2.38. The molecule has 2 rings (SSSR count). The highest BCUT2D eigenvalue weighted by atomic mass is 16.2. The lowest BCUT2D eigenvalue weighted by molar-refractivity contribution is -0.132. The summed E-state index contributed by atoms with van der Waals surface area (Å²) in [5, 5.41) is 3.44. The van der Waals surface area contributed by atoms with Crippen LogP contribution in [0, 0.1) is 5.92 Å². The molecule has 3 N–H and O–H groups in total. The predicted molar refractivity (Wildman–Crippen MR) is 59.4 cm³/mol. The van der Waals surface area contributed by atoms with Crippen LogP contribution in [0.5, 0.6) is 0 Å². The van der Waals surface area contributed by atoms with E-state index >= 15 is 0 Å². The van der Waals surface area contributed by atoms with Crippen LogP contribution in [0.1, 0.15) is 26.7 Å². The van der Waals surface area contributed by atoms with E-state index in [0.717, 1.165) is 26.1 Å². The Hall–Kier alpha value is -0.610. The normalized spacial score (nSPS) is 32.1. The van der Waals surface area contributed by atoms with Gasteiger partial charge in [0.2, 0.25) is 5.91 Å². The first-order valence-corrected chi connectivity index (χ1v) is 5.83. The maximum absolute atomic E-state index is 12.0. The van der Waals surface area contributed by atoms with Gasteiger partial charge in [0.25, 0.3) is 0 Å². The number of carbonyl (C=O) groups excluding carboxylic acids is 1. The molecule has 1 amide bonds. The van der Waals surface area contributed by atoms with Crippen LogP contribution in [0.25, 0.3) is 0 Å². The maximum Gasteiger partial charge on any atom is 0.239 e. The van der Waals surface area contributed by atoms with Gasteiger partial charge in [-0.15, -0.1) is 0 Å². The van der Waals surface area contributed by atoms with Gasteiger partial charge in [-0.25, -0.2) is 0 Å². The molecule has 0 radical (unpaired) electrons. The van der Waals surface area contributed by atoms with Crippen LogP contribution in [0.15, 0.2) is 0 Å². The molecule has 2 aliphatic heterocycles. The van der Waals surface area contributed by atoms with Crippen molar-refractivity contribution in [3.8, 4) is 0 Å². The number of nitrogens with two attached hydrogens (primary N) is 1. The average molecular weight is 211 g/mol. The molecule has 0 unspecified atom stereocenters. The zero-order chi connectivity index (χ0) is 11.1. The summed E-state index contributed by atoms with van der Waals surface area (Å²) in [4.78, 5) is 13.9. The Kier molecular flexibility index (Phi) is 2.73. The van der Waals surface area contributed by atoms with Crippen LogP contribution in [0.2, 0.25) is 0 Å². The fourth-order valence-electron chi connectivity index (χ4n) is 2.38. The molecule has 1 spiro atoms. The van der Waals surface area contributed by atoms with Crippen LogP contribution >= 0.6 is 0 Å². The van der Waals surface area contributed by atoms with Gasteiger partial charge in [-0.3, -0.25) is 4.79 Å². The van der Waals surface area contributed by atoms with E-state index in [1.807, 2.05) is 18.7 Å². The standard InChI is InChI=1S/C11H21N3O/c1-8(2)9(12)10(15)14-6-4-11(7-14)3-5-13-11/h8-9,13H,3-7,12H2,1-2H3/t9-,11-/m0/s1. The van der Waals surface area contributed by atoms with Gasteiger partial charge >= 0.3 is 0 Å². The zero-order valence-electron chi connectivity index (χ0n) is 9.62. The second-order valence-electron chi connectivity index (χ2n) is 5.24. The van der Waals surface area contributed by atoms with E-state index in [9.17, 15) is 4.79 Å². The van der Waals surface area contributed by atoms with Gasteiger partial charge in [0.05, 0.1) is 6.04 Å². The third-order valence-corrected chi connectivity index (χ3v) is 3.77. The molecular formula is C11H21N3O. The summed E-state index contributed by atoms with van der Waals surface area (Å²) in [5.74, 6) is 0.346. The van der Waals surface area contributed by atoms with Crippen molar-refractivity contribution in [3.05, 3.63) is 0 Å². The molecule has 4 heteroatoms. The molecular weight excluding hydrogens is 190 g/mol. The molecule has 0 aromatic rings. The number of carbonyl (C=O) groups is 1. The van der Waals surface area contributed by atoms with Gasteiger partial charge in [-0.05, 0) is 25.3 Å². The Morgan fingerprint density at radius 3 is 2.53 bits per heavy atom. The van der Waals surface area contributed by atoms with Gasteiger partial charge in [0.1, 0.15) is 0 Å². The highest BCUT2D eigenvalue weighted by Gasteiger charge is 2.44. The highest BCUT2D eigenvalue weighted by Crippen LogP contribution is 2.30. The van der Waals surface area contributed by atoms with Crippen molar-refractivity contribution >= 4 is 5.91 Å². The Bertz CT molecular complexity index is 261. The van der Waals surface area contributed by atoms with E-state index in [0.29, 0.717) is 0 Å². The smallest absolute Gasteiger partial charge is 0.239 e. The van der Waals surface area contributed by atoms with Crippen molar-refractivity contribution in [2.45, 2.75) is 38.3 Å². The van der Waals surface area contributed by atoms with Crippen molar-refractivity contribution in [1.82, 2.24) is 10.2 Å². The van der Waals surface area contributed by atoms with Crippen LogP contribution in [-0.4, -0.2) is 42.0 Å². The first kappa shape index (κ1) is 10.9. The van der Waals surface area contributed by atoms with Gasteiger partial charge in [-0.1, -0.05) is 13.8 Å². The quantitative estimate of drug-likeness (QED) is 0.672. The molecule has 0 aliphatic carbocycles. The van der Waals surface area contributed by atoms with Crippen LogP contribution in [0.4, 0.5) is 0 Å². The van der Waals surface area contributed by atoms with Crippen molar-refractivity contribution < 1.29 is 4.79 Å². The number of nitrogens with zero attached hydrogens (tertiary/aromatic N) is 1. The molecule has 0 aromatic heterocycles. The molecule has 2 atom stereocenters. The molecule has 0 aromatic carbocycles. The lowest BCUT2D eigenvalue weighted by Crippen LogP contribution is -2.59. The Morgan fingerprint density at radius 1 is 1.47 bits per heavy atom. The summed E-state index contributed by atoms with van der Waals surface area (Å²) in [5.41, 5.74) is 6.12. The minimum Gasteiger partial charge on any atom is -0.339 e. The number of amides is 1. The lowest BCUT2D eigenvalue weighted by atomic mass is 9.87. The highest BCUT2D eigenvalue weighted by molar-refractivity contribution is 5.82. The Balaban J connectivity index is 1.93. The molecule has 2 saturated heterocycles. The first-order chi connectivity index (χ1) is 7.04. The van der Waals surface area contributed by atoms with Crippen LogP contribution in [0.3, 0.4) is 0 Å². The zero-order valence-corrected chi connectivity index (χ0v) is 9.62. The van der Waals surface area contributed by atoms with Crippen molar-refractivity contribution in [2.75, 3.05) is 19.6 Å². The fraction of sp³-hybridized carbons (Fsp3) is 0.909. The number of hydrogen-bond donors (Lipinski definition) is 2. The number of hydrogen-bond acceptors (Lipinski definition) is 3. The average Bonchev–Trinajstić information content (AvgIpc) is 2.59. The lowest BCUT2D eigenvalue weighted by Gasteiger charge is -2.40. The van der Waals surface area contributed by atoms with Crippen molar-refractivity contribution in [2.24, 2.45) is 11.7 Å².